The van der Waals surface area contributed by atoms with E-state index in [0.717, 1.165) is 0 Å². The Balaban J connectivity index is 1.49. The van der Waals surface area contributed by atoms with Crippen molar-refractivity contribution < 1.29 is 27.9 Å². The number of benzene rings is 2. The first-order chi connectivity index (χ1) is 16.2. The van der Waals surface area contributed by atoms with Crippen molar-refractivity contribution in [3.63, 3.8) is 0 Å². The summed E-state index contributed by atoms with van der Waals surface area (Å²) in [6, 6.07) is 10.6. The zero-order valence-corrected chi connectivity index (χ0v) is 19.4. The second kappa shape index (κ2) is 9.80. The Morgan fingerprint density at radius 1 is 1.18 bits per heavy atom. The number of halogens is 3. The maximum atomic E-state index is 14.2. The number of carbonyl (C=O) groups is 3. The number of para-hydroxylation sites is 1. The molecule has 1 aliphatic heterocycles. The van der Waals surface area contributed by atoms with E-state index in [0.29, 0.717) is 10.9 Å². The van der Waals surface area contributed by atoms with Crippen molar-refractivity contribution in [2.24, 2.45) is 5.73 Å². The largest absolute Gasteiger partial charge is 0.410 e. The number of alkyl halides is 1. The fourth-order valence-corrected chi connectivity index (χ4v) is 4.47. The average molecular weight is 535 g/mol. The van der Waals surface area contributed by atoms with Crippen LogP contribution in [-0.2, 0) is 22.7 Å². The molecule has 1 fully saturated rings. The fourth-order valence-electron chi connectivity index (χ4n) is 4.06. The Kier molecular flexibility index (Phi) is 6.82. The minimum Gasteiger partial charge on any atom is -0.408 e. The van der Waals surface area contributed by atoms with E-state index in [2.05, 4.69) is 21.2 Å². The molecule has 3 aromatic rings. The van der Waals surface area contributed by atoms with Crippen molar-refractivity contribution in [3.05, 3.63) is 64.5 Å². The third kappa shape index (κ3) is 4.89. The van der Waals surface area contributed by atoms with Crippen LogP contribution < -0.4 is 15.8 Å². The van der Waals surface area contributed by atoms with E-state index in [-0.39, 0.29) is 41.8 Å². The van der Waals surface area contributed by atoms with Gasteiger partial charge in [0.1, 0.15) is 24.6 Å². The van der Waals surface area contributed by atoms with Gasteiger partial charge in [0, 0.05) is 30.1 Å². The summed E-state index contributed by atoms with van der Waals surface area (Å²) >= 11 is 3.09. The molecule has 1 saturated heterocycles. The van der Waals surface area contributed by atoms with Crippen LogP contribution in [0.4, 0.5) is 13.6 Å². The lowest BCUT2D eigenvalue weighted by Gasteiger charge is -2.24. The van der Waals surface area contributed by atoms with Crippen LogP contribution in [-0.4, -0.2) is 46.1 Å². The normalized spacial score (nSPS) is 17.7. The van der Waals surface area contributed by atoms with Crippen LogP contribution in [0.15, 0.2) is 53.1 Å². The number of carbonyl (C=O) groups excluding carboxylic acids is 3. The highest BCUT2D eigenvalue weighted by atomic mass is 79.9. The lowest BCUT2D eigenvalue weighted by atomic mass is 10.1. The predicted molar refractivity (Wildman–Crippen MR) is 123 cm³/mol. The predicted octanol–water partition coefficient (Wildman–Crippen LogP) is 3.26. The molecule has 0 bridgehead atoms. The summed E-state index contributed by atoms with van der Waals surface area (Å²) < 4.78 is 35.3. The van der Waals surface area contributed by atoms with Gasteiger partial charge in [-0.2, -0.15) is 0 Å². The van der Waals surface area contributed by atoms with E-state index in [1.807, 2.05) is 0 Å². The zero-order valence-electron chi connectivity index (χ0n) is 17.8. The van der Waals surface area contributed by atoms with Crippen molar-refractivity contribution in [1.82, 2.24) is 14.8 Å². The Labute approximate surface area is 201 Å². The molecule has 0 aliphatic carbocycles. The minimum atomic E-state index is -1.36. The maximum Gasteiger partial charge on any atom is 0.410 e. The lowest BCUT2D eigenvalue weighted by molar-refractivity contribution is -0.139. The molecule has 178 valence electrons. The Morgan fingerprint density at radius 3 is 2.71 bits per heavy atom. The Hall–Kier alpha value is -3.47. The van der Waals surface area contributed by atoms with E-state index in [9.17, 15) is 23.2 Å². The fraction of sp³-hybridized carbons (Fsp3) is 0.261. The summed E-state index contributed by atoms with van der Waals surface area (Å²) in [4.78, 5) is 38.3. The van der Waals surface area contributed by atoms with E-state index < -0.39 is 35.9 Å². The second-order valence-electron chi connectivity index (χ2n) is 7.89. The van der Waals surface area contributed by atoms with Crippen LogP contribution in [0.2, 0.25) is 0 Å². The third-order valence-corrected chi connectivity index (χ3v) is 6.24. The number of hydrogen-bond acceptors (Lipinski definition) is 4. The molecular formula is C23H21BrF2N4O4. The van der Waals surface area contributed by atoms with E-state index in [4.69, 9.17) is 10.5 Å². The summed E-state index contributed by atoms with van der Waals surface area (Å²) in [6.07, 6.45) is -1.05. The van der Waals surface area contributed by atoms with E-state index >= 15 is 0 Å². The van der Waals surface area contributed by atoms with Gasteiger partial charge in [-0.25, -0.2) is 13.6 Å². The number of nitrogens with zero attached hydrogens (tertiary/aromatic N) is 2. The number of aromatic nitrogens is 1. The van der Waals surface area contributed by atoms with Crippen molar-refractivity contribution in [1.29, 1.82) is 0 Å². The molecule has 8 nitrogen and oxygen atoms in total. The first-order valence-electron chi connectivity index (χ1n) is 10.4. The lowest BCUT2D eigenvalue weighted by Crippen LogP contribution is -2.46. The van der Waals surface area contributed by atoms with Crippen LogP contribution in [0, 0.1) is 5.82 Å². The smallest absolute Gasteiger partial charge is 0.408 e. The van der Waals surface area contributed by atoms with Gasteiger partial charge in [-0.3, -0.25) is 9.59 Å². The van der Waals surface area contributed by atoms with Crippen molar-refractivity contribution >= 4 is 44.7 Å². The summed E-state index contributed by atoms with van der Waals surface area (Å²) in [6.45, 7) is -0.541. The van der Waals surface area contributed by atoms with Crippen LogP contribution in [0.3, 0.4) is 0 Å². The van der Waals surface area contributed by atoms with Crippen LogP contribution in [0.5, 0.6) is 5.75 Å². The molecular weight excluding hydrogens is 514 g/mol. The molecule has 0 unspecified atom stereocenters. The van der Waals surface area contributed by atoms with Gasteiger partial charge in [0.25, 0.3) is 0 Å². The SMILES string of the molecule is NC(=O)Oc1cn(CC(=O)N2C[C@H](F)C[C@H]2C(=O)NCc2cccc(Br)c2F)c2ccccc12. The molecule has 3 amide bonds. The average Bonchev–Trinajstić information content (AvgIpc) is 3.35. The second-order valence-corrected chi connectivity index (χ2v) is 8.74. The molecule has 11 heteroatoms. The summed E-state index contributed by atoms with van der Waals surface area (Å²) in [7, 11) is 0. The molecule has 0 saturated carbocycles. The number of nitrogens with two attached hydrogens (primary N) is 1. The van der Waals surface area contributed by atoms with E-state index in [1.54, 1.807) is 34.9 Å². The van der Waals surface area contributed by atoms with E-state index in [1.165, 1.54) is 23.2 Å². The minimum absolute atomic E-state index is 0.102. The van der Waals surface area contributed by atoms with Crippen LogP contribution in [0.25, 0.3) is 10.9 Å². The molecule has 4 rings (SSSR count). The maximum absolute atomic E-state index is 14.2. The number of nitrogens with one attached hydrogen (secondary N) is 1. The summed E-state index contributed by atoms with van der Waals surface area (Å²) in [5, 5.41) is 3.17. The van der Waals surface area contributed by atoms with Gasteiger partial charge in [0.05, 0.1) is 16.5 Å². The summed E-state index contributed by atoms with van der Waals surface area (Å²) in [5.74, 6) is -1.37. The molecule has 1 aromatic heterocycles. The van der Waals surface area contributed by atoms with Gasteiger partial charge >= 0.3 is 6.09 Å². The topological polar surface area (TPSA) is 107 Å². The quantitative estimate of drug-likeness (QED) is 0.506. The first kappa shape index (κ1) is 23.7. The van der Waals surface area contributed by atoms with Crippen molar-refractivity contribution in [2.45, 2.75) is 31.7 Å². The highest BCUT2D eigenvalue weighted by Crippen LogP contribution is 2.29. The number of fused-ring (bicyclic) bond motifs is 1. The Bertz CT molecular complexity index is 1260. The molecule has 0 radical (unpaired) electrons. The van der Waals surface area contributed by atoms with Crippen LogP contribution >= 0.6 is 15.9 Å². The van der Waals surface area contributed by atoms with Gasteiger partial charge in [-0.05, 0) is 34.1 Å². The van der Waals surface area contributed by atoms with Gasteiger partial charge < -0.3 is 25.3 Å². The van der Waals surface area contributed by atoms with Gasteiger partial charge in [-0.15, -0.1) is 0 Å². The molecule has 0 spiro atoms. The standard InChI is InChI=1S/C23H21BrF2N4O4/c24-16-6-3-4-13(21(16)26)9-28-22(32)18-8-14(25)10-30(18)20(31)12-29-11-19(34-23(27)33)15-5-1-2-7-17(15)29/h1-7,11,14,18H,8-10,12H2,(H2,27,33)(H,28,32)/t14-,18+/m1/s1. The highest BCUT2D eigenvalue weighted by Gasteiger charge is 2.39. The first-order valence-corrected chi connectivity index (χ1v) is 11.2. The Morgan fingerprint density at radius 2 is 1.94 bits per heavy atom. The monoisotopic (exact) mass is 534 g/mol. The molecule has 3 N–H and O–H groups in total. The van der Waals surface area contributed by atoms with Gasteiger partial charge in [-0.1, -0.05) is 24.3 Å². The number of hydrogen-bond donors (Lipinski definition) is 2. The third-order valence-electron chi connectivity index (χ3n) is 5.63. The number of amides is 3. The number of likely N-dealkylation sites (tertiary alicyclic amines) is 1. The number of rotatable bonds is 6. The van der Waals surface area contributed by atoms with Crippen molar-refractivity contribution in [2.75, 3.05) is 6.54 Å². The molecule has 2 atom stereocenters. The highest BCUT2D eigenvalue weighted by molar-refractivity contribution is 9.10. The zero-order chi connectivity index (χ0) is 24.4. The molecule has 2 aromatic carbocycles. The van der Waals surface area contributed by atoms with Crippen LogP contribution in [0.1, 0.15) is 12.0 Å². The van der Waals surface area contributed by atoms with Gasteiger partial charge in [0.2, 0.25) is 11.8 Å². The van der Waals surface area contributed by atoms with Crippen molar-refractivity contribution in [3.8, 4) is 5.75 Å². The van der Waals surface area contributed by atoms with Gasteiger partial charge in [0.15, 0.2) is 5.75 Å². The molecule has 34 heavy (non-hydrogen) atoms. The molecule has 2 heterocycles. The summed E-state index contributed by atoms with van der Waals surface area (Å²) in [5.41, 5.74) is 5.99. The number of ether oxygens (including phenoxy) is 1. The number of primary amides is 1. The molecule has 1 aliphatic rings.